The van der Waals surface area contributed by atoms with Crippen LogP contribution in [0.3, 0.4) is 0 Å². The molecule has 108 valence electrons. The number of rotatable bonds is 5. The highest BCUT2D eigenvalue weighted by molar-refractivity contribution is 5.68. The molecule has 3 heteroatoms. The molecule has 0 aliphatic rings. The average molecular weight is 281 g/mol. The van der Waals surface area contributed by atoms with Gasteiger partial charge in [0.05, 0.1) is 0 Å². The summed E-state index contributed by atoms with van der Waals surface area (Å²) in [6, 6.07) is 19.5. The molecule has 0 aliphatic heterocycles. The fraction of sp³-hybridized carbons (Fsp3) is 0.167. The van der Waals surface area contributed by atoms with Gasteiger partial charge in [0.15, 0.2) is 0 Å². The van der Waals surface area contributed by atoms with Gasteiger partial charge in [-0.2, -0.15) is 0 Å². The SMILES string of the molecule is C[C@H](/C=C/c1ccccc1)NC(=O)OCc1ccccc1. The Hall–Kier alpha value is -2.55. The molecule has 2 aromatic carbocycles. The van der Waals surface area contributed by atoms with Crippen molar-refractivity contribution in [2.24, 2.45) is 0 Å². The van der Waals surface area contributed by atoms with Gasteiger partial charge in [0, 0.05) is 6.04 Å². The molecule has 1 amide bonds. The molecule has 0 spiro atoms. The van der Waals surface area contributed by atoms with Crippen LogP contribution in [0.4, 0.5) is 4.79 Å². The predicted octanol–water partition coefficient (Wildman–Crippen LogP) is 4.01. The molecule has 0 saturated carbocycles. The fourth-order valence-electron chi connectivity index (χ4n) is 1.82. The van der Waals surface area contributed by atoms with Crippen molar-refractivity contribution in [2.75, 3.05) is 0 Å². The van der Waals surface area contributed by atoms with E-state index >= 15 is 0 Å². The molecule has 2 aromatic rings. The summed E-state index contributed by atoms with van der Waals surface area (Å²) < 4.78 is 5.17. The normalized spacial score (nSPS) is 12.0. The third-order valence-corrected chi connectivity index (χ3v) is 2.94. The van der Waals surface area contributed by atoms with Gasteiger partial charge in [-0.1, -0.05) is 72.8 Å². The summed E-state index contributed by atoms with van der Waals surface area (Å²) in [5.74, 6) is 0. The lowest BCUT2D eigenvalue weighted by Gasteiger charge is -2.10. The largest absolute Gasteiger partial charge is 0.445 e. The first-order chi connectivity index (χ1) is 10.2. The van der Waals surface area contributed by atoms with E-state index in [1.54, 1.807) is 0 Å². The van der Waals surface area contributed by atoms with Crippen LogP contribution in [0.2, 0.25) is 0 Å². The molecular weight excluding hydrogens is 262 g/mol. The van der Waals surface area contributed by atoms with E-state index in [0.29, 0.717) is 0 Å². The Bertz CT molecular complexity index is 579. The zero-order chi connectivity index (χ0) is 14.9. The highest BCUT2D eigenvalue weighted by atomic mass is 16.5. The van der Waals surface area contributed by atoms with E-state index in [4.69, 9.17) is 4.74 Å². The Morgan fingerprint density at radius 1 is 1.10 bits per heavy atom. The van der Waals surface area contributed by atoms with Gasteiger partial charge in [-0.25, -0.2) is 4.79 Å². The minimum Gasteiger partial charge on any atom is -0.445 e. The molecule has 0 aromatic heterocycles. The van der Waals surface area contributed by atoms with Gasteiger partial charge in [0.2, 0.25) is 0 Å². The van der Waals surface area contributed by atoms with Crippen LogP contribution in [0.25, 0.3) is 6.08 Å². The first-order valence-corrected chi connectivity index (χ1v) is 6.94. The van der Waals surface area contributed by atoms with Gasteiger partial charge in [0.25, 0.3) is 0 Å². The van der Waals surface area contributed by atoms with Crippen molar-refractivity contribution in [3.05, 3.63) is 77.9 Å². The van der Waals surface area contributed by atoms with Gasteiger partial charge >= 0.3 is 6.09 Å². The summed E-state index contributed by atoms with van der Waals surface area (Å²) in [5.41, 5.74) is 2.07. The van der Waals surface area contributed by atoms with Gasteiger partial charge in [-0.3, -0.25) is 0 Å². The number of hydrogen-bond acceptors (Lipinski definition) is 2. The van der Waals surface area contributed by atoms with Gasteiger partial charge in [-0.15, -0.1) is 0 Å². The summed E-state index contributed by atoms with van der Waals surface area (Å²) in [7, 11) is 0. The summed E-state index contributed by atoms with van der Waals surface area (Å²) in [5, 5.41) is 2.77. The fourth-order valence-corrected chi connectivity index (χ4v) is 1.82. The Labute approximate surface area is 125 Å². The van der Waals surface area contributed by atoms with Crippen LogP contribution in [0, 0.1) is 0 Å². The van der Waals surface area contributed by atoms with Crippen LogP contribution >= 0.6 is 0 Å². The second-order valence-electron chi connectivity index (χ2n) is 4.76. The highest BCUT2D eigenvalue weighted by Crippen LogP contribution is 2.03. The number of benzene rings is 2. The van der Waals surface area contributed by atoms with Crippen LogP contribution in [0.5, 0.6) is 0 Å². The van der Waals surface area contributed by atoms with Gasteiger partial charge in [-0.05, 0) is 18.1 Å². The smallest absolute Gasteiger partial charge is 0.407 e. The molecule has 0 bridgehead atoms. The van der Waals surface area contributed by atoms with E-state index in [1.165, 1.54) is 0 Å². The predicted molar refractivity (Wildman–Crippen MR) is 84.7 cm³/mol. The third kappa shape index (κ3) is 5.53. The van der Waals surface area contributed by atoms with Crippen molar-refractivity contribution in [3.8, 4) is 0 Å². The number of carbonyl (C=O) groups is 1. The van der Waals surface area contributed by atoms with E-state index in [0.717, 1.165) is 11.1 Å². The van der Waals surface area contributed by atoms with E-state index in [2.05, 4.69) is 5.32 Å². The molecule has 0 radical (unpaired) electrons. The Morgan fingerprint density at radius 2 is 1.71 bits per heavy atom. The number of carbonyl (C=O) groups excluding carboxylic acids is 1. The maximum Gasteiger partial charge on any atom is 0.407 e. The molecule has 0 fully saturated rings. The van der Waals surface area contributed by atoms with E-state index in [-0.39, 0.29) is 12.6 Å². The second-order valence-corrected chi connectivity index (χ2v) is 4.76. The van der Waals surface area contributed by atoms with Crippen molar-refractivity contribution in [2.45, 2.75) is 19.6 Å². The van der Waals surface area contributed by atoms with Crippen molar-refractivity contribution >= 4 is 12.2 Å². The highest BCUT2D eigenvalue weighted by Gasteiger charge is 2.05. The number of hydrogen-bond donors (Lipinski definition) is 1. The quantitative estimate of drug-likeness (QED) is 0.899. The lowest BCUT2D eigenvalue weighted by atomic mass is 10.2. The number of amides is 1. The summed E-state index contributed by atoms with van der Waals surface area (Å²) in [6.45, 7) is 2.19. The minimum absolute atomic E-state index is 0.0894. The van der Waals surface area contributed by atoms with Crippen LogP contribution < -0.4 is 5.32 Å². The van der Waals surface area contributed by atoms with E-state index < -0.39 is 6.09 Å². The lowest BCUT2D eigenvalue weighted by Crippen LogP contribution is -2.31. The monoisotopic (exact) mass is 281 g/mol. The number of nitrogens with one attached hydrogen (secondary N) is 1. The molecule has 3 nitrogen and oxygen atoms in total. The third-order valence-electron chi connectivity index (χ3n) is 2.94. The van der Waals surface area contributed by atoms with Crippen LogP contribution in [-0.4, -0.2) is 12.1 Å². The molecule has 0 heterocycles. The lowest BCUT2D eigenvalue weighted by molar-refractivity contribution is 0.138. The van der Waals surface area contributed by atoms with E-state index in [9.17, 15) is 4.79 Å². The Morgan fingerprint density at radius 3 is 2.38 bits per heavy atom. The molecule has 21 heavy (non-hydrogen) atoms. The minimum atomic E-state index is -0.413. The summed E-state index contributed by atoms with van der Waals surface area (Å²) in [4.78, 5) is 11.7. The van der Waals surface area contributed by atoms with Crippen LogP contribution in [-0.2, 0) is 11.3 Å². The second kappa shape index (κ2) is 7.90. The molecule has 0 aliphatic carbocycles. The topological polar surface area (TPSA) is 38.3 Å². The number of alkyl carbamates (subject to hydrolysis) is 1. The van der Waals surface area contributed by atoms with Crippen molar-refractivity contribution < 1.29 is 9.53 Å². The number of ether oxygens (including phenoxy) is 1. The van der Waals surface area contributed by atoms with Crippen LogP contribution in [0.15, 0.2) is 66.7 Å². The van der Waals surface area contributed by atoms with E-state index in [1.807, 2.05) is 79.7 Å². The molecule has 2 rings (SSSR count). The molecule has 0 unspecified atom stereocenters. The molecular formula is C18H19NO2. The van der Waals surface area contributed by atoms with Crippen molar-refractivity contribution in [3.63, 3.8) is 0 Å². The van der Waals surface area contributed by atoms with Gasteiger partial charge in [0.1, 0.15) is 6.61 Å². The zero-order valence-electron chi connectivity index (χ0n) is 12.0. The maximum atomic E-state index is 11.7. The molecule has 1 N–H and O–H groups in total. The van der Waals surface area contributed by atoms with Crippen molar-refractivity contribution in [1.82, 2.24) is 5.32 Å². The van der Waals surface area contributed by atoms with Gasteiger partial charge < -0.3 is 10.1 Å². The maximum absolute atomic E-state index is 11.7. The first kappa shape index (κ1) is 14.9. The Balaban J connectivity index is 1.76. The molecule has 1 atom stereocenters. The first-order valence-electron chi connectivity index (χ1n) is 6.94. The van der Waals surface area contributed by atoms with Crippen molar-refractivity contribution in [1.29, 1.82) is 0 Å². The Kier molecular flexibility index (Phi) is 5.59. The zero-order valence-corrected chi connectivity index (χ0v) is 12.0. The standard InChI is InChI=1S/C18H19NO2/c1-15(12-13-16-8-4-2-5-9-16)19-18(20)21-14-17-10-6-3-7-11-17/h2-13,15H,14H2,1H3,(H,19,20)/b13-12+/t15-/m1/s1. The molecule has 0 saturated heterocycles. The van der Waals surface area contributed by atoms with Crippen LogP contribution in [0.1, 0.15) is 18.1 Å². The summed E-state index contributed by atoms with van der Waals surface area (Å²) in [6.07, 6.45) is 3.49. The average Bonchev–Trinajstić information content (AvgIpc) is 2.53. The summed E-state index contributed by atoms with van der Waals surface area (Å²) >= 11 is 0.